The van der Waals surface area contributed by atoms with Gasteiger partial charge in [-0.25, -0.2) is 9.97 Å². The number of halogens is 1. The summed E-state index contributed by atoms with van der Waals surface area (Å²) in [5.41, 5.74) is 5.94. The van der Waals surface area contributed by atoms with Gasteiger partial charge in [0.15, 0.2) is 11.0 Å². The van der Waals surface area contributed by atoms with Crippen molar-refractivity contribution in [3.05, 3.63) is 71.6 Å². The topological polar surface area (TPSA) is 112 Å². The van der Waals surface area contributed by atoms with Gasteiger partial charge in [0, 0.05) is 41.2 Å². The van der Waals surface area contributed by atoms with Crippen LogP contribution in [0.15, 0.2) is 60.1 Å². The van der Waals surface area contributed by atoms with Gasteiger partial charge in [-0.2, -0.15) is 4.39 Å². The number of rotatable bonds is 5. The van der Waals surface area contributed by atoms with E-state index >= 15 is 0 Å². The van der Waals surface area contributed by atoms with Gasteiger partial charge in [-0.3, -0.25) is 19.8 Å². The van der Waals surface area contributed by atoms with Crippen molar-refractivity contribution in [1.82, 2.24) is 24.9 Å². The predicted octanol–water partition coefficient (Wildman–Crippen LogP) is 4.87. The number of aromatic nitrogens is 5. The molecule has 0 saturated carbocycles. The predicted molar refractivity (Wildman–Crippen MR) is 145 cm³/mol. The quantitative estimate of drug-likeness (QED) is 0.317. The van der Waals surface area contributed by atoms with E-state index in [0.29, 0.717) is 33.3 Å². The second-order valence-electron chi connectivity index (χ2n) is 9.56. The molecule has 1 saturated heterocycles. The first-order chi connectivity index (χ1) is 18.4. The van der Waals surface area contributed by atoms with E-state index in [0.717, 1.165) is 45.9 Å². The van der Waals surface area contributed by atoms with Crippen LogP contribution in [-0.2, 0) is 4.79 Å². The Hall–Kier alpha value is -4.51. The Bertz CT molecular complexity index is 1770. The van der Waals surface area contributed by atoms with Crippen molar-refractivity contribution < 1.29 is 9.18 Å². The molecule has 0 aliphatic carbocycles. The summed E-state index contributed by atoms with van der Waals surface area (Å²) in [7, 11) is 0. The van der Waals surface area contributed by atoms with Gasteiger partial charge in [0.05, 0.1) is 28.8 Å². The van der Waals surface area contributed by atoms with Crippen LogP contribution in [0.25, 0.3) is 32.7 Å². The number of nitrogens with one attached hydrogen (secondary N) is 2. The van der Waals surface area contributed by atoms with Gasteiger partial charge in [-0.15, -0.1) is 11.3 Å². The molecule has 2 N–H and O–H groups in total. The van der Waals surface area contributed by atoms with Crippen LogP contribution in [0.5, 0.6) is 0 Å². The second-order valence-corrected chi connectivity index (χ2v) is 10.6. The van der Waals surface area contributed by atoms with Gasteiger partial charge >= 0.3 is 0 Å². The number of carbonyl (C=O) groups is 1. The lowest BCUT2D eigenvalue weighted by molar-refractivity contribution is -0.118. The number of aromatic amines is 1. The molecule has 0 bridgehead atoms. The Labute approximate surface area is 220 Å². The number of anilines is 2. The highest BCUT2D eigenvalue weighted by atomic mass is 32.1. The van der Waals surface area contributed by atoms with Gasteiger partial charge in [0.2, 0.25) is 5.91 Å². The molecule has 1 atom stereocenters. The summed E-state index contributed by atoms with van der Waals surface area (Å²) in [6.07, 6.45) is 6.91. The van der Waals surface area contributed by atoms with Crippen molar-refractivity contribution in [2.24, 2.45) is 10.9 Å². The molecule has 7 rings (SSSR count). The van der Waals surface area contributed by atoms with Crippen LogP contribution < -0.4 is 10.2 Å². The molecular formula is C27H21FN8OS. The number of nitrogens with zero attached hydrogens (tertiary/aromatic N) is 6. The molecule has 0 aromatic carbocycles. The van der Waals surface area contributed by atoms with Gasteiger partial charge in [0.25, 0.3) is 0 Å². The molecule has 5 aromatic heterocycles. The summed E-state index contributed by atoms with van der Waals surface area (Å²) in [6, 6.07) is 8.91. The van der Waals surface area contributed by atoms with Crippen molar-refractivity contribution in [1.29, 1.82) is 0 Å². The third-order valence-electron chi connectivity index (χ3n) is 6.55. The molecule has 1 fully saturated rings. The number of imidazole rings is 1. The molecule has 1 amide bonds. The fourth-order valence-electron chi connectivity index (χ4n) is 4.51. The van der Waals surface area contributed by atoms with Gasteiger partial charge in [-0.05, 0) is 30.3 Å². The van der Waals surface area contributed by atoms with Gasteiger partial charge < -0.3 is 15.2 Å². The number of hydrogen-bond acceptors (Lipinski definition) is 8. The zero-order valence-electron chi connectivity index (χ0n) is 20.4. The molecule has 0 spiro atoms. The summed E-state index contributed by atoms with van der Waals surface area (Å²) in [5.74, 6) is 1.24. The Balaban J connectivity index is 1.30. The van der Waals surface area contributed by atoms with E-state index in [4.69, 9.17) is 15.0 Å². The lowest BCUT2D eigenvalue weighted by Crippen LogP contribution is -2.18. The average molecular weight is 525 g/mol. The van der Waals surface area contributed by atoms with Crippen molar-refractivity contribution in [3.8, 4) is 21.7 Å². The van der Waals surface area contributed by atoms with Crippen molar-refractivity contribution >= 4 is 45.5 Å². The minimum atomic E-state index is -0.269. The molecule has 188 valence electrons. The molecule has 11 heteroatoms. The number of aliphatic imine (C=N–C) groups is 1. The normalized spacial score (nSPS) is 15.8. The summed E-state index contributed by atoms with van der Waals surface area (Å²) in [4.78, 5) is 41.8. The fraction of sp³-hybridized carbons (Fsp3) is 0.185. The number of pyridine rings is 3. The molecule has 9 nitrogen and oxygen atoms in total. The lowest BCUT2D eigenvalue weighted by atomic mass is 10.0. The van der Waals surface area contributed by atoms with Crippen LogP contribution in [-0.4, -0.2) is 49.2 Å². The standard InChI is InChI=1S/C27H21FN8OS/c1-13(2)27(37)32-16-7-14(9-29-11-16)15-8-17-22(34-21-12-36(21)26(17)31-10-15)25-33-18-5-6-30-24(23(18)35-25)19-3-4-20(28)38-19/h3-11,13,21H,12H2,1-2H3,(H,32,37)(H,33,35). The first-order valence-corrected chi connectivity index (χ1v) is 13.0. The zero-order valence-corrected chi connectivity index (χ0v) is 21.3. The molecule has 2 aliphatic heterocycles. The van der Waals surface area contributed by atoms with Crippen molar-refractivity contribution in [2.45, 2.75) is 20.0 Å². The van der Waals surface area contributed by atoms with Gasteiger partial charge in [0.1, 0.15) is 28.9 Å². The first-order valence-electron chi connectivity index (χ1n) is 12.2. The monoisotopic (exact) mass is 524 g/mol. The number of thiophene rings is 1. The number of H-pyrrole nitrogens is 1. The second kappa shape index (κ2) is 8.52. The van der Waals surface area contributed by atoms with E-state index < -0.39 is 0 Å². The van der Waals surface area contributed by atoms with E-state index in [-0.39, 0.29) is 23.1 Å². The van der Waals surface area contributed by atoms with E-state index in [2.05, 4.69) is 25.2 Å². The molecule has 1 unspecified atom stereocenters. The molecular weight excluding hydrogens is 503 g/mol. The van der Waals surface area contributed by atoms with Gasteiger partial charge in [-0.1, -0.05) is 13.8 Å². The molecule has 0 radical (unpaired) electrons. The maximum atomic E-state index is 13.7. The highest BCUT2D eigenvalue weighted by Gasteiger charge is 2.42. The Morgan fingerprint density at radius 1 is 1.16 bits per heavy atom. The molecule has 38 heavy (non-hydrogen) atoms. The third kappa shape index (κ3) is 3.82. The van der Waals surface area contributed by atoms with E-state index in [1.165, 1.54) is 6.07 Å². The minimum Gasteiger partial charge on any atom is -0.337 e. The van der Waals surface area contributed by atoms with Crippen LogP contribution in [0.4, 0.5) is 15.9 Å². The first kappa shape index (κ1) is 22.7. The maximum Gasteiger partial charge on any atom is 0.226 e. The summed E-state index contributed by atoms with van der Waals surface area (Å²) in [5, 5.41) is 2.63. The molecule has 5 aromatic rings. The fourth-order valence-corrected chi connectivity index (χ4v) is 5.24. The SMILES string of the molecule is CC(C)C(=O)Nc1cncc(-c2cnc3c(c2)C(c2nc4c(-c5ccc(F)s5)nccc4[nH]2)=NC2CN32)c1. The Morgan fingerprint density at radius 3 is 2.84 bits per heavy atom. The third-order valence-corrected chi connectivity index (χ3v) is 7.43. The number of fused-ring (bicyclic) bond motifs is 4. The highest BCUT2D eigenvalue weighted by Crippen LogP contribution is 2.39. The molecule has 2 aliphatic rings. The Kier molecular flexibility index (Phi) is 5.08. The van der Waals surface area contributed by atoms with Crippen molar-refractivity contribution in [3.63, 3.8) is 0 Å². The highest BCUT2D eigenvalue weighted by molar-refractivity contribution is 7.13. The van der Waals surface area contributed by atoms with Crippen LogP contribution in [0, 0.1) is 11.0 Å². The van der Waals surface area contributed by atoms with E-state index in [9.17, 15) is 9.18 Å². The average Bonchev–Trinajstić information content (AvgIpc) is 3.37. The smallest absolute Gasteiger partial charge is 0.226 e. The van der Waals surface area contributed by atoms with E-state index in [1.807, 2.05) is 38.2 Å². The van der Waals surface area contributed by atoms with Crippen molar-refractivity contribution in [2.75, 3.05) is 16.8 Å². The van der Waals surface area contributed by atoms with E-state index in [1.54, 1.807) is 24.7 Å². The number of hydrogen-bond donors (Lipinski definition) is 2. The summed E-state index contributed by atoms with van der Waals surface area (Å²) < 4.78 is 13.7. The zero-order chi connectivity index (χ0) is 26.0. The molecule has 7 heterocycles. The number of amides is 1. The largest absolute Gasteiger partial charge is 0.337 e. The Morgan fingerprint density at radius 2 is 2.03 bits per heavy atom. The van der Waals surface area contributed by atoms with Crippen LogP contribution in [0.1, 0.15) is 25.2 Å². The van der Waals surface area contributed by atoms with Crippen LogP contribution in [0.3, 0.4) is 0 Å². The maximum absolute atomic E-state index is 13.7. The lowest BCUT2D eigenvalue weighted by Gasteiger charge is -2.17. The number of carbonyl (C=O) groups excluding carboxylic acids is 1. The summed E-state index contributed by atoms with van der Waals surface area (Å²) >= 11 is 1.04. The van der Waals surface area contributed by atoms with Crippen LogP contribution >= 0.6 is 11.3 Å². The summed E-state index contributed by atoms with van der Waals surface area (Å²) in [6.45, 7) is 4.48. The minimum absolute atomic E-state index is 0.0317. The van der Waals surface area contributed by atoms with Crippen LogP contribution in [0.2, 0.25) is 0 Å².